The molecule has 0 atom stereocenters. The lowest BCUT2D eigenvalue weighted by molar-refractivity contribution is 0.940. The zero-order chi connectivity index (χ0) is 12.7. The molecule has 0 fully saturated rings. The normalized spacial score (nSPS) is 11.1. The number of nitrogens with zero attached hydrogens (tertiary/aromatic N) is 4. The minimum atomic E-state index is 0.735. The molecule has 0 saturated heterocycles. The predicted molar refractivity (Wildman–Crippen MR) is 69.1 cm³/mol. The molecule has 0 saturated carbocycles. The maximum atomic E-state index is 4.51. The second-order valence-electron chi connectivity index (χ2n) is 4.39. The molecule has 0 spiro atoms. The van der Waals surface area contributed by atoms with Crippen LogP contribution in [0.25, 0.3) is 22.6 Å². The lowest BCUT2D eigenvalue weighted by Crippen LogP contribution is -1.94. The minimum Gasteiger partial charge on any atom is -0.337 e. The molecule has 0 aliphatic heterocycles. The Morgan fingerprint density at radius 2 is 1.78 bits per heavy atom. The highest BCUT2D eigenvalue weighted by Gasteiger charge is 2.10. The fourth-order valence-electron chi connectivity index (χ4n) is 1.90. The van der Waals surface area contributed by atoms with E-state index in [1.807, 2.05) is 39.0 Å². The van der Waals surface area contributed by atoms with E-state index >= 15 is 0 Å². The highest BCUT2D eigenvalue weighted by Crippen LogP contribution is 2.21. The Balaban J connectivity index is 2.22. The van der Waals surface area contributed by atoms with Gasteiger partial charge in [0.25, 0.3) is 0 Å². The number of aromatic amines is 1. The third kappa shape index (κ3) is 1.73. The lowest BCUT2D eigenvalue weighted by atomic mass is 10.2. The van der Waals surface area contributed by atoms with Gasteiger partial charge in [0.05, 0.1) is 16.9 Å². The Morgan fingerprint density at radius 1 is 0.944 bits per heavy atom. The monoisotopic (exact) mass is 239 g/mol. The van der Waals surface area contributed by atoms with Gasteiger partial charge in [-0.2, -0.15) is 10.2 Å². The molecule has 3 aromatic heterocycles. The van der Waals surface area contributed by atoms with Gasteiger partial charge in [0, 0.05) is 11.3 Å². The van der Waals surface area contributed by atoms with Gasteiger partial charge in [-0.05, 0) is 39.0 Å². The molecule has 3 heterocycles. The number of aromatic nitrogens is 5. The summed E-state index contributed by atoms with van der Waals surface area (Å²) >= 11 is 0. The quantitative estimate of drug-likeness (QED) is 0.707. The van der Waals surface area contributed by atoms with E-state index < -0.39 is 0 Å². The van der Waals surface area contributed by atoms with Crippen LogP contribution in [0.1, 0.15) is 17.1 Å². The summed E-state index contributed by atoms with van der Waals surface area (Å²) in [5.41, 5.74) is 5.33. The van der Waals surface area contributed by atoms with Crippen molar-refractivity contribution in [2.45, 2.75) is 20.8 Å². The Kier molecular flexibility index (Phi) is 2.33. The van der Waals surface area contributed by atoms with E-state index in [9.17, 15) is 0 Å². The Bertz CT molecular complexity index is 729. The second-order valence-corrected chi connectivity index (χ2v) is 4.39. The van der Waals surface area contributed by atoms with E-state index in [0.717, 1.165) is 39.6 Å². The third-order valence-electron chi connectivity index (χ3n) is 2.84. The molecule has 90 valence electrons. The summed E-state index contributed by atoms with van der Waals surface area (Å²) in [6, 6.07) is 5.94. The first kappa shape index (κ1) is 10.8. The average molecular weight is 239 g/mol. The van der Waals surface area contributed by atoms with E-state index in [1.54, 1.807) is 0 Å². The van der Waals surface area contributed by atoms with E-state index in [1.165, 1.54) is 0 Å². The standard InChI is InChI=1S/C13H13N5/c1-7-4-5-11-13(14-7)16-12(15-11)10-6-8(2)17-18-9(10)3/h4-6H,1-3H3,(H,14,15,16). The van der Waals surface area contributed by atoms with E-state index in [-0.39, 0.29) is 0 Å². The number of pyridine rings is 1. The topological polar surface area (TPSA) is 67.3 Å². The van der Waals surface area contributed by atoms with Crippen molar-refractivity contribution in [2.24, 2.45) is 0 Å². The number of nitrogens with one attached hydrogen (secondary N) is 1. The first-order chi connectivity index (χ1) is 8.63. The SMILES string of the molecule is Cc1cc(-c2nc3nc(C)ccc3[nH]2)c(C)nn1. The van der Waals surface area contributed by atoms with Gasteiger partial charge >= 0.3 is 0 Å². The minimum absolute atomic E-state index is 0.735. The lowest BCUT2D eigenvalue weighted by Gasteiger charge is -2.00. The number of hydrogen-bond donors (Lipinski definition) is 1. The van der Waals surface area contributed by atoms with Crippen molar-refractivity contribution in [1.82, 2.24) is 25.1 Å². The zero-order valence-electron chi connectivity index (χ0n) is 10.5. The van der Waals surface area contributed by atoms with Crippen LogP contribution in [0.3, 0.4) is 0 Å². The smallest absolute Gasteiger partial charge is 0.178 e. The zero-order valence-corrected chi connectivity index (χ0v) is 10.5. The second kappa shape index (κ2) is 3.87. The summed E-state index contributed by atoms with van der Waals surface area (Å²) < 4.78 is 0. The maximum absolute atomic E-state index is 4.51. The van der Waals surface area contributed by atoms with Crippen LogP contribution >= 0.6 is 0 Å². The van der Waals surface area contributed by atoms with Crippen LogP contribution in [-0.2, 0) is 0 Å². The van der Waals surface area contributed by atoms with E-state index in [2.05, 4.69) is 25.1 Å². The van der Waals surface area contributed by atoms with Gasteiger partial charge < -0.3 is 4.98 Å². The highest BCUT2D eigenvalue weighted by atomic mass is 15.1. The van der Waals surface area contributed by atoms with E-state index in [0.29, 0.717) is 0 Å². The van der Waals surface area contributed by atoms with Crippen molar-refractivity contribution in [2.75, 3.05) is 0 Å². The molecule has 1 N–H and O–H groups in total. The Labute approximate surface area is 104 Å². The maximum Gasteiger partial charge on any atom is 0.178 e. The van der Waals surface area contributed by atoms with Gasteiger partial charge in [-0.15, -0.1) is 0 Å². The molecule has 0 unspecified atom stereocenters. The largest absolute Gasteiger partial charge is 0.337 e. The summed E-state index contributed by atoms with van der Waals surface area (Å²) in [5, 5.41) is 8.14. The third-order valence-corrected chi connectivity index (χ3v) is 2.84. The highest BCUT2D eigenvalue weighted by molar-refractivity contribution is 5.76. The molecule has 0 radical (unpaired) electrons. The van der Waals surface area contributed by atoms with Gasteiger partial charge in [0.2, 0.25) is 0 Å². The molecule has 5 heteroatoms. The van der Waals surface area contributed by atoms with Crippen LogP contribution in [0.5, 0.6) is 0 Å². The molecule has 0 bridgehead atoms. The first-order valence-electron chi connectivity index (χ1n) is 5.78. The fourth-order valence-corrected chi connectivity index (χ4v) is 1.90. The molecule has 0 aliphatic rings. The van der Waals surface area contributed by atoms with Crippen LogP contribution in [0, 0.1) is 20.8 Å². The number of imidazole rings is 1. The molecule has 18 heavy (non-hydrogen) atoms. The van der Waals surface area contributed by atoms with Crippen LogP contribution in [0.15, 0.2) is 18.2 Å². The summed E-state index contributed by atoms with van der Waals surface area (Å²) in [7, 11) is 0. The molecule has 0 amide bonds. The summed E-state index contributed by atoms with van der Waals surface area (Å²) in [6.45, 7) is 5.80. The van der Waals surface area contributed by atoms with Crippen LogP contribution in [0.2, 0.25) is 0 Å². The number of H-pyrrole nitrogens is 1. The number of aryl methyl sites for hydroxylation is 3. The number of rotatable bonds is 1. The molecule has 3 aromatic rings. The summed E-state index contributed by atoms with van der Waals surface area (Å²) in [4.78, 5) is 12.2. The van der Waals surface area contributed by atoms with Crippen LogP contribution in [-0.4, -0.2) is 25.1 Å². The molecular formula is C13H13N5. The molecule has 5 nitrogen and oxygen atoms in total. The van der Waals surface area contributed by atoms with Crippen molar-refractivity contribution in [3.63, 3.8) is 0 Å². The first-order valence-corrected chi connectivity index (χ1v) is 5.78. The van der Waals surface area contributed by atoms with Crippen molar-refractivity contribution in [1.29, 1.82) is 0 Å². The van der Waals surface area contributed by atoms with Crippen molar-refractivity contribution < 1.29 is 0 Å². The van der Waals surface area contributed by atoms with Crippen molar-refractivity contribution in [3.05, 3.63) is 35.3 Å². The number of fused-ring (bicyclic) bond motifs is 1. The van der Waals surface area contributed by atoms with Crippen molar-refractivity contribution in [3.8, 4) is 11.4 Å². The van der Waals surface area contributed by atoms with Gasteiger partial charge in [-0.25, -0.2) is 9.97 Å². The fraction of sp³-hybridized carbons (Fsp3) is 0.231. The Hall–Kier alpha value is -2.30. The summed E-state index contributed by atoms with van der Waals surface area (Å²) in [5.74, 6) is 0.790. The number of hydrogen-bond acceptors (Lipinski definition) is 4. The molecular weight excluding hydrogens is 226 g/mol. The van der Waals surface area contributed by atoms with Gasteiger partial charge in [-0.1, -0.05) is 0 Å². The van der Waals surface area contributed by atoms with Gasteiger partial charge in [-0.3, -0.25) is 0 Å². The Morgan fingerprint density at radius 3 is 2.61 bits per heavy atom. The molecule has 3 rings (SSSR count). The van der Waals surface area contributed by atoms with Crippen LogP contribution in [0.4, 0.5) is 0 Å². The van der Waals surface area contributed by atoms with Gasteiger partial charge in [0.15, 0.2) is 5.65 Å². The molecule has 0 aromatic carbocycles. The van der Waals surface area contributed by atoms with Crippen molar-refractivity contribution >= 4 is 11.2 Å². The molecule has 0 aliphatic carbocycles. The predicted octanol–water partition coefficient (Wildman–Crippen LogP) is 2.34. The van der Waals surface area contributed by atoms with Gasteiger partial charge in [0.1, 0.15) is 5.82 Å². The summed E-state index contributed by atoms with van der Waals surface area (Å²) in [6.07, 6.45) is 0. The van der Waals surface area contributed by atoms with Crippen LogP contribution < -0.4 is 0 Å². The average Bonchev–Trinajstić information content (AvgIpc) is 2.74. The van der Waals surface area contributed by atoms with E-state index in [4.69, 9.17) is 0 Å².